The van der Waals surface area contributed by atoms with Crippen molar-refractivity contribution < 1.29 is 93.4 Å². The molecule has 3 rings (SSSR count). The molecule has 3 aromatic carbocycles. The molecule has 3 aromatic rings. The van der Waals surface area contributed by atoms with Crippen LogP contribution in [0.5, 0.6) is 0 Å². The molecule has 53 heavy (non-hydrogen) atoms. The van der Waals surface area contributed by atoms with Gasteiger partial charge >= 0.3 is 289 Å². The van der Waals surface area contributed by atoms with Gasteiger partial charge in [0.25, 0.3) is 0 Å². The first-order valence-corrected chi connectivity index (χ1v) is 20.6. The number of alkyl halides is 18. The van der Waals surface area contributed by atoms with Gasteiger partial charge in [0.05, 0.1) is 0 Å². The van der Waals surface area contributed by atoms with Gasteiger partial charge in [0.2, 0.25) is 0 Å². The van der Waals surface area contributed by atoms with Crippen LogP contribution in [0, 0.1) is 0 Å². The van der Waals surface area contributed by atoms with Crippen LogP contribution in [-0.4, -0.2) is 29.8 Å². The summed E-state index contributed by atoms with van der Waals surface area (Å²) in [5.41, 5.74) is -24.5. The Morgan fingerprint density at radius 2 is 0.604 bits per heavy atom. The second-order valence-corrected chi connectivity index (χ2v) is 21.7. The number of rotatable bonds is 9. The van der Waals surface area contributed by atoms with Crippen molar-refractivity contribution in [1.82, 2.24) is 0 Å². The van der Waals surface area contributed by atoms with Crippen molar-refractivity contribution in [2.75, 3.05) is 0 Å². The first kappa shape index (κ1) is 43.6. The predicted octanol–water partition coefficient (Wildman–Crippen LogP) is 11.6. The Labute approximate surface area is 288 Å². The van der Waals surface area contributed by atoms with Crippen LogP contribution in [0.1, 0.15) is 84.2 Å². The van der Waals surface area contributed by atoms with Crippen molar-refractivity contribution in [2.45, 2.75) is 61.3 Å². The third-order valence-electron chi connectivity index (χ3n) is 7.78. The molecule has 0 aliphatic rings. The van der Waals surface area contributed by atoms with Gasteiger partial charge in [-0.2, -0.15) is 0 Å². The molecule has 290 valence electrons. The van der Waals surface area contributed by atoms with Gasteiger partial charge in [-0.1, -0.05) is 0 Å². The molecule has 0 unspecified atom stereocenters. The fraction of sp³-hybridized carbons (Fsp3) is 0.323. The summed E-state index contributed by atoms with van der Waals surface area (Å²) in [4.78, 5) is 43.5. The second-order valence-electron chi connectivity index (χ2n) is 11.2. The average molecular weight is 899 g/mol. The van der Waals surface area contributed by atoms with E-state index in [1.165, 1.54) is 0 Å². The van der Waals surface area contributed by atoms with E-state index in [0.29, 0.717) is 0 Å². The van der Waals surface area contributed by atoms with Gasteiger partial charge in [0.1, 0.15) is 0 Å². The molecule has 0 N–H and O–H groups in total. The SMILES string of the molecule is CCC[CH2][Sn]([C](=O)c1c(C(F)(F)F)cccc1C(F)(F)F)([C](=O)c1c(C(F)(F)F)cccc1C(F)(F)F)[C](=O)c1c(C(F)(F)F)cccc1C(F)(F)F. The van der Waals surface area contributed by atoms with Crippen LogP contribution < -0.4 is 0 Å². The topological polar surface area (TPSA) is 51.2 Å². The zero-order valence-corrected chi connectivity index (χ0v) is 28.7. The van der Waals surface area contributed by atoms with Gasteiger partial charge < -0.3 is 0 Å². The summed E-state index contributed by atoms with van der Waals surface area (Å²) in [5.74, 6) is 0. The molecule has 0 aliphatic carbocycles. The molecule has 0 aromatic heterocycles. The fourth-order valence-corrected chi connectivity index (χ4v) is 17.7. The summed E-state index contributed by atoms with van der Waals surface area (Å²) in [5, 5.41) is 0. The summed E-state index contributed by atoms with van der Waals surface area (Å²) < 4.78 is 246. The number of benzene rings is 3. The molecule has 0 bridgehead atoms. The summed E-state index contributed by atoms with van der Waals surface area (Å²) in [6.45, 7) is 1.02. The summed E-state index contributed by atoms with van der Waals surface area (Å²) in [6.07, 6.45) is -38.3. The second kappa shape index (κ2) is 14.5. The molecule has 0 spiro atoms. The van der Waals surface area contributed by atoms with Crippen molar-refractivity contribution in [3.63, 3.8) is 0 Å². The Balaban J connectivity index is 2.85. The van der Waals surface area contributed by atoms with Crippen LogP contribution >= 0.6 is 0 Å². The van der Waals surface area contributed by atoms with E-state index in [1.54, 1.807) is 0 Å². The predicted molar refractivity (Wildman–Crippen MR) is 148 cm³/mol. The van der Waals surface area contributed by atoms with Crippen LogP contribution in [0.3, 0.4) is 0 Å². The number of carbonyl (C=O) groups excluding carboxylic acids is 3. The van der Waals surface area contributed by atoms with E-state index in [0.717, 1.165) is 6.92 Å². The van der Waals surface area contributed by atoms with Gasteiger partial charge in [-0.25, -0.2) is 0 Å². The van der Waals surface area contributed by atoms with Crippen LogP contribution in [0.25, 0.3) is 0 Å². The van der Waals surface area contributed by atoms with Gasteiger partial charge in [-0.15, -0.1) is 0 Å². The van der Waals surface area contributed by atoms with E-state index in [4.69, 9.17) is 0 Å². The third-order valence-corrected chi connectivity index (χ3v) is 19.7. The first-order valence-electron chi connectivity index (χ1n) is 14.3. The first-order chi connectivity index (χ1) is 23.8. The molecule has 0 amide bonds. The van der Waals surface area contributed by atoms with Crippen LogP contribution in [0.2, 0.25) is 4.44 Å². The Morgan fingerprint density at radius 3 is 0.755 bits per heavy atom. The Kier molecular flexibility index (Phi) is 11.9. The standard InChI is InChI=1S/3C9H3F6O.C4H9.Sn/c3*10-8(11,12)6-2-1-3-7(5(6)4-16)9(13,14)15;1-3-4-2;/h3*1-3H;1,3-4H2,2H3;. The van der Waals surface area contributed by atoms with Crippen molar-refractivity contribution in [3.8, 4) is 0 Å². The van der Waals surface area contributed by atoms with Crippen LogP contribution in [0.15, 0.2) is 54.6 Å². The monoisotopic (exact) mass is 900 g/mol. The molecule has 3 nitrogen and oxygen atoms in total. The van der Waals surface area contributed by atoms with Gasteiger partial charge in [-0.05, 0) is 0 Å². The summed E-state index contributed by atoms with van der Waals surface area (Å²) in [6, 6.07) is -1.70. The molecule has 0 aliphatic heterocycles. The van der Waals surface area contributed by atoms with Crippen molar-refractivity contribution >= 4 is 29.8 Å². The van der Waals surface area contributed by atoms with Crippen LogP contribution in [0.4, 0.5) is 79.0 Å². The quantitative estimate of drug-likeness (QED) is 0.159. The molecule has 22 heteroatoms. The Bertz CT molecular complexity index is 1590. The zero-order valence-electron chi connectivity index (χ0n) is 25.8. The third kappa shape index (κ3) is 8.63. The number of carbonyl (C=O) groups is 3. The van der Waals surface area contributed by atoms with Gasteiger partial charge in [0, 0.05) is 0 Å². The molecule has 0 saturated heterocycles. The average Bonchev–Trinajstić information content (AvgIpc) is 3.01. The number of hydrogen-bond acceptors (Lipinski definition) is 3. The Morgan fingerprint density at radius 1 is 0.415 bits per heavy atom. The van der Waals surface area contributed by atoms with Crippen molar-refractivity contribution in [1.29, 1.82) is 0 Å². The normalized spacial score (nSPS) is 13.6. The Hall–Kier alpha value is -3.79. The summed E-state index contributed by atoms with van der Waals surface area (Å²) >= 11 is -8.66. The van der Waals surface area contributed by atoms with E-state index in [-0.39, 0.29) is 54.6 Å². The van der Waals surface area contributed by atoms with Crippen molar-refractivity contribution in [3.05, 3.63) is 105 Å². The zero-order chi connectivity index (χ0) is 40.9. The minimum atomic E-state index is -8.66. The molecule has 0 atom stereocenters. The molecular formula is C31H18F18O3Sn. The maximum atomic E-state index is 14.5. The van der Waals surface area contributed by atoms with Crippen molar-refractivity contribution in [2.24, 2.45) is 0 Å². The van der Waals surface area contributed by atoms with Gasteiger partial charge in [0.15, 0.2) is 0 Å². The molecular weight excluding hydrogens is 881 g/mol. The number of halogens is 18. The molecule has 0 saturated carbocycles. The molecule has 0 heterocycles. The van der Waals surface area contributed by atoms with E-state index in [2.05, 4.69) is 0 Å². The van der Waals surface area contributed by atoms with E-state index in [9.17, 15) is 93.4 Å². The molecule has 0 radical (unpaired) electrons. The van der Waals surface area contributed by atoms with E-state index >= 15 is 0 Å². The van der Waals surface area contributed by atoms with Crippen LogP contribution in [-0.2, 0) is 37.1 Å². The minimum absolute atomic E-state index is 0.0106. The summed E-state index contributed by atoms with van der Waals surface area (Å²) in [7, 11) is 0. The van der Waals surface area contributed by atoms with E-state index < -0.39 is 134 Å². The fourth-order valence-electron chi connectivity index (χ4n) is 5.54. The molecule has 0 fully saturated rings. The maximum absolute atomic E-state index is 14.5. The van der Waals surface area contributed by atoms with E-state index in [1.807, 2.05) is 0 Å². The number of hydrogen-bond donors (Lipinski definition) is 0. The number of unbranched alkanes of at least 4 members (excludes halogenated alkanes) is 1. The van der Waals surface area contributed by atoms with Gasteiger partial charge in [-0.3, -0.25) is 0 Å².